The largest absolute Gasteiger partial charge is 0.464 e. The molecular weight excluding hydrogens is 280 g/mol. The van der Waals surface area contributed by atoms with Gasteiger partial charge >= 0.3 is 5.97 Å². The van der Waals surface area contributed by atoms with Crippen molar-refractivity contribution in [2.75, 3.05) is 6.61 Å². The van der Waals surface area contributed by atoms with Crippen LogP contribution in [0.3, 0.4) is 0 Å². The Morgan fingerprint density at radius 3 is 3.00 bits per heavy atom. The maximum absolute atomic E-state index is 12.3. The second kappa shape index (κ2) is 6.56. The average Bonchev–Trinajstić information content (AvgIpc) is 2.57. The third kappa shape index (κ3) is 3.24. The molecular formula is C17H18N2O3. The van der Waals surface area contributed by atoms with Crippen LogP contribution in [-0.4, -0.2) is 22.4 Å². The smallest absolute Gasteiger partial charge is 0.327 e. The lowest BCUT2D eigenvalue weighted by Crippen LogP contribution is -2.28. The van der Waals surface area contributed by atoms with Crippen molar-refractivity contribution < 1.29 is 9.53 Å². The Morgan fingerprint density at radius 1 is 1.32 bits per heavy atom. The average molecular weight is 298 g/mol. The van der Waals surface area contributed by atoms with Gasteiger partial charge in [0.2, 0.25) is 0 Å². The van der Waals surface area contributed by atoms with E-state index in [1.807, 2.05) is 12.1 Å². The van der Waals surface area contributed by atoms with E-state index in [1.54, 1.807) is 18.3 Å². The molecule has 1 aromatic carbocycles. The van der Waals surface area contributed by atoms with Crippen LogP contribution < -0.4 is 5.56 Å². The van der Waals surface area contributed by atoms with Gasteiger partial charge in [-0.15, -0.1) is 0 Å². The highest BCUT2D eigenvalue weighted by atomic mass is 16.5. The summed E-state index contributed by atoms with van der Waals surface area (Å²) < 4.78 is 6.44. The number of aromatic nitrogens is 2. The molecule has 1 unspecified atom stereocenters. The van der Waals surface area contributed by atoms with Crippen LogP contribution in [0.4, 0.5) is 0 Å². The molecule has 0 spiro atoms. The van der Waals surface area contributed by atoms with Gasteiger partial charge in [-0.1, -0.05) is 30.4 Å². The second-order valence-corrected chi connectivity index (χ2v) is 5.53. The molecule has 1 aliphatic carbocycles. The minimum absolute atomic E-state index is 0.147. The van der Waals surface area contributed by atoms with Crippen molar-refractivity contribution in [1.82, 2.24) is 9.78 Å². The number of carbonyl (C=O) groups is 1. The molecule has 0 amide bonds. The predicted molar refractivity (Wildman–Crippen MR) is 83.4 cm³/mol. The summed E-state index contributed by atoms with van der Waals surface area (Å²) in [6, 6.07) is 7.20. The van der Waals surface area contributed by atoms with Crippen molar-refractivity contribution in [2.24, 2.45) is 5.92 Å². The molecule has 0 radical (unpaired) electrons. The third-order valence-electron chi connectivity index (χ3n) is 3.90. The highest BCUT2D eigenvalue weighted by Crippen LogP contribution is 2.18. The van der Waals surface area contributed by atoms with Gasteiger partial charge in [-0.2, -0.15) is 5.10 Å². The van der Waals surface area contributed by atoms with Gasteiger partial charge in [-0.05, 0) is 31.2 Å². The van der Waals surface area contributed by atoms with Crippen molar-refractivity contribution in [3.8, 4) is 0 Å². The zero-order chi connectivity index (χ0) is 15.4. The van der Waals surface area contributed by atoms with E-state index in [0.717, 1.165) is 29.3 Å². The lowest BCUT2D eigenvalue weighted by atomic mass is 9.95. The van der Waals surface area contributed by atoms with E-state index in [-0.39, 0.29) is 12.1 Å². The molecule has 0 saturated heterocycles. The monoisotopic (exact) mass is 298 g/mol. The number of benzene rings is 1. The molecule has 1 aromatic heterocycles. The van der Waals surface area contributed by atoms with Crippen LogP contribution in [0.25, 0.3) is 10.8 Å². The first-order valence-electron chi connectivity index (χ1n) is 7.49. The van der Waals surface area contributed by atoms with Gasteiger partial charge in [-0.25, -0.2) is 4.68 Å². The fraction of sp³-hybridized carbons (Fsp3) is 0.353. The molecule has 0 aliphatic heterocycles. The lowest BCUT2D eigenvalue weighted by Gasteiger charge is -2.17. The Kier molecular flexibility index (Phi) is 4.32. The van der Waals surface area contributed by atoms with E-state index in [0.29, 0.717) is 17.9 Å². The van der Waals surface area contributed by atoms with E-state index in [9.17, 15) is 9.59 Å². The molecule has 114 valence electrons. The van der Waals surface area contributed by atoms with Gasteiger partial charge in [0.1, 0.15) is 6.54 Å². The van der Waals surface area contributed by atoms with Crippen molar-refractivity contribution >= 4 is 16.7 Å². The number of hydrogen-bond acceptors (Lipinski definition) is 4. The summed E-state index contributed by atoms with van der Waals surface area (Å²) in [4.78, 5) is 24.2. The lowest BCUT2D eigenvalue weighted by molar-refractivity contribution is -0.146. The van der Waals surface area contributed by atoms with E-state index in [2.05, 4.69) is 17.3 Å². The molecule has 22 heavy (non-hydrogen) atoms. The highest BCUT2D eigenvalue weighted by Gasteiger charge is 2.14. The summed E-state index contributed by atoms with van der Waals surface area (Å²) in [5.74, 6) is -0.0327. The number of carbonyl (C=O) groups excluding carboxylic acids is 1. The second-order valence-electron chi connectivity index (χ2n) is 5.53. The van der Waals surface area contributed by atoms with Crippen LogP contribution in [0.2, 0.25) is 0 Å². The first kappa shape index (κ1) is 14.5. The molecule has 1 heterocycles. The zero-order valence-electron chi connectivity index (χ0n) is 12.3. The number of rotatable bonds is 4. The maximum Gasteiger partial charge on any atom is 0.327 e. The molecule has 1 aliphatic rings. The molecule has 3 rings (SSSR count). The standard InChI is InChI=1S/C17H18N2O3/c20-16(22-12-13-6-2-1-3-7-13)11-19-17(21)15-9-5-4-8-14(15)10-18-19/h1-2,4-5,8-10,13H,3,6-7,11-12H2. The first-order valence-corrected chi connectivity index (χ1v) is 7.49. The Labute approximate surface area is 128 Å². The SMILES string of the molecule is O=C(Cn1ncc2ccccc2c1=O)OCC1CC=CCC1. The Hall–Kier alpha value is -2.43. The highest BCUT2D eigenvalue weighted by molar-refractivity contribution is 5.80. The predicted octanol–water partition coefficient (Wildman–Crippen LogP) is 2.30. The molecule has 0 fully saturated rings. The normalized spacial score (nSPS) is 17.5. The van der Waals surface area contributed by atoms with Gasteiger partial charge in [0.25, 0.3) is 5.56 Å². The van der Waals surface area contributed by atoms with Crippen LogP contribution in [0.1, 0.15) is 19.3 Å². The van der Waals surface area contributed by atoms with Crippen LogP contribution in [0.5, 0.6) is 0 Å². The molecule has 1 atom stereocenters. The van der Waals surface area contributed by atoms with Crippen molar-refractivity contribution in [3.05, 3.63) is 53.0 Å². The molecule has 0 N–H and O–H groups in total. The number of nitrogens with zero attached hydrogens (tertiary/aromatic N) is 2. The summed E-state index contributed by atoms with van der Waals surface area (Å²) >= 11 is 0. The summed E-state index contributed by atoms with van der Waals surface area (Å²) in [6.07, 6.45) is 8.89. The van der Waals surface area contributed by atoms with E-state index >= 15 is 0 Å². The van der Waals surface area contributed by atoms with Crippen molar-refractivity contribution in [2.45, 2.75) is 25.8 Å². The number of hydrogen-bond donors (Lipinski definition) is 0. The minimum atomic E-state index is -0.417. The van der Waals surface area contributed by atoms with Gasteiger partial charge in [0.15, 0.2) is 0 Å². The molecule has 2 aromatic rings. The number of esters is 1. The van der Waals surface area contributed by atoms with Crippen LogP contribution >= 0.6 is 0 Å². The number of fused-ring (bicyclic) bond motifs is 1. The molecule has 0 bridgehead atoms. The first-order chi connectivity index (χ1) is 10.7. The van der Waals surface area contributed by atoms with Crippen molar-refractivity contribution in [1.29, 1.82) is 0 Å². The van der Waals surface area contributed by atoms with Gasteiger partial charge < -0.3 is 4.74 Å². The topological polar surface area (TPSA) is 61.2 Å². The summed E-state index contributed by atoms with van der Waals surface area (Å²) in [6.45, 7) is 0.262. The van der Waals surface area contributed by atoms with Gasteiger partial charge in [-0.3, -0.25) is 9.59 Å². The Bertz CT molecular complexity index is 764. The summed E-state index contributed by atoms with van der Waals surface area (Å²) in [5, 5.41) is 5.36. The fourth-order valence-electron chi connectivity index (χ4n) is 2.63. The maximum atomic E-state index is 12.3. The Balaban J connectivity index is 1.65. The van der Waals surface area contributed by atoms with Crippen LogP contribution in [0, 0.1) is 5.92 Å². The molecule has 5 nitrogen and oxygen atoms in total. The molecule has 5 heteroatoms. The van der Waals surface area contributed by atoms with E-state index in [4.69, 9.17) is 4.74 Å². The van der Waals surface area contributed by atoms with Crippen molar-refractivity contribution in [3.63, 3.8) is 0 Å². The van der Waals surface area contributed by atoms with Gasteiger partial charge in [0, 0.05) is 5.39 Å². The van der Waals surface area contributed by atoms with E-state index in [1.165, 1.54) is 0 Å². The third-order valence-corrected chi connectivity index (χ3v) is 3.90. The zero-order valence-corrected chi connectivity index (χ0v) is 12.3. The number of ether oxygens (including phenoxy) is 1. The van der Waals surface area contributed by atoms with Gasteiger partial charge in [0.05, 0.1) is 18.2 Å². The van der Waals surface area contributed by atoms with Crippen LogP contribution in [-0.2, 0) is 16.1 Å². The summed E-state index contributed by atoms with van der Waals surface area (Å²) in [5.41, 5.74) is -0.268. The van der Waals surface area contributed by atoms with E-state index < -0.39 is 5.97 Å². The number of allylic oxidation sites excluding steroid dienone is 2. The molecule has 0 saturated carbocycles. The quantitative estimate of drug-likeness (QED) is 0.642. The Morgan fingerprint density at radius 2 is 2.18 bits per heavy atom. The van der Waals surface area contributed by atoms with Crippen LogP contribution in [0.15, 0.2) is 47.4 Å². The minimum Gasteiger partial charge on any atom is -0.464 e. The fourth-order valence-corrected chi connectivity index (χ4v) is 2.63. The summed E-state index contributed by atoms with van der Waals surface area (Å²) in [7, 11) is 0.